The zero-order valence-corrected chi connectivity index (χ0v) is 9.86. The Labute approximate surface area is 99.8 Å². The van der Waals surface area contributed by atoms with Gasteiger partial charge < -0.3 is 10.1 Å². The van der Waals surface area contributed by atoms with E-state index in [4.69, 9.17) is 5.11 Å². The summed E-state index contributed by atoms with van der Waals surface area (Å²) in [6.45, 7) is 0. The summed E-state index contributed by atoms with van der Waals surface area (Å²) in [5, 5.41) is 8.85. The second-order valence-corrected chi connectivity index (χ2v) is 4.99. The van der Waals surface area contributed by atoms with Crippen molar-refractivity contribution in [1.29, 1.82) is 0 Å². The number of rotatable bonds is 2. The molecule has 1 aliphatic carbocycles. The largest absolute Gasteiger partial charge is 0.481 e. The smallest absolute Gasteiger partial charge is 0.307 e. The third-order valence-corrected chi connectivity index (χ3v) is 3.41. The molecule has 2 unspecified atom stereocenters. The van der Waals surface area contributed by atoms with Crippen LogP contribution in [-0.2, 0) is 4.79 Å². The Balaban J connectivity index is 1.98. The molecule has 5 heteroatoms. The van der Waals surface area contributed by atoms with Crippen molar-refractivity contribution in [3.05, 3.63) is 28.5 Å². The molecule has 2 N–H and O–H groups in total. The van der Waals surface area contributed by atoms with E-state index in [1.54, 1.807) is 0 Å². The molecule has 2 aromatic rings. The number of hydrogen-bond donors (Lipinski definition) is 2. The molecule has 1 aromatic carbocycles. The first-order chi connectivity index (χ1) is 7.65. The van der Waals surface area contributed by atoms with Crippen molar-refractivity contribution in [1.82, 2.24) is 9.97 Å². The Morgan fingerprint density at radius 1 is 1.56 bits per heavy atom. The molecule has 1 heterocycles. The number of carboxylic acid groups (broad SMARTS) is 1. The molecule has 0 saturated heterocycles. The molecule has 82 valence electrons. The van der Waals surface area contributed by atoms with Crippen LogP contribution in [0.3, 0.4) is 0 Å². The molecular formula is C11H9BrN2O2. The summed E-state index contributed by atoms with van der Waals surface area (Å²) in [5.74, 6) is -0.139. The molecule has 0 bridgehead atoms. The van der Waals surface area contributed by atoms with Crippen molar-refractivity contribution in [2.75, 3.05) is 0 Å². The van der Waals surface area contributed by atoms with Crippen molar-refractivity contribution in [2.45, 2.75) is 12.3 Å². The van der Waals surface area contributed by atoms with E-state index in [2.05, 4.69) is 25.9 Å². The fraction of sp³-hybridized carbons (Fsp3) is 0.273. The van der Waals surface area contributed by atoms with Crippen LogP contribution < -0.4 is 0 Å². The number of carbonyl (C=O) groups is 1. The highest BCUT2D eigenvalue weighted by atomic mass is 79.9. The SMILES string of the molecule is O=C(O)C1CC1c1nc2ccc(Br)cc2[nH]1. The lowest BCUT2D eigenvalue weighted by Crippen LogP contribution is -1.99. The van der Waals surface area contributed by atoms with Crippen molar-refractivity contribution < 1.29 is 9.90 Å². The number of fused-ring (bicyclic) bond motifs is 1. The number of nitrogens with zero attached hydrogens (tertiary/aromatic N) is 1. The van der Waals surface area contributed by atoms with Gasteiger partial charge in [-0.1, -0.05) is 15.9 Å². The van der Waals surface area contributed by atoms with Crippen LogP contribution in [0.15, 0.2) is 22.7 Å². The number of hydrogen-bond acceptors (Lipinski definition) is 2. The zero-order valence-electron chi connectivity index (χ0n) is 8.27. The summed E-state index contributed by atoms with van der Waals surface area (Å²) < 4.78 is 0.987. The lowest BCUT2D eigenvalue weighted by Gasteiger charge is -1.89. The Morgan fingerprint density at radius 2 is 2.38 bits per heavy atom. The Hall–Kier alpha value is -1.36. The molecule has 2 atom stereocenters. The lowest BCUT2D eigenvalue weighted by molar-refractivity contribution is -0.138. The molecule has 0 aliphatic heterocycles. The fourth-order valence-electron chi connectivity index (χ4n) is 1.95. The van der Waals surface area contributed by atoms with Gasteiger partial charge in [-0.3, -0.25) is 4.79 Å². The molecule has 0 spiro atoms. The van der Waals surface area contributed by atoms with Crippen LogP contribution in [0, 0.1) is 5.92 Å². The van der Waals surface area contributed by atoms with Gasteiger partial charge in [0.1, 0.15) is 5.82 Å². The van der Waals surface area contributed by atoms with Gasteiger partial charge in [0.05, 0.1) is 17.0 Å². The summed E-state index contributed by atoms with van der Waals surface area (Å²) in [7, 11) is 0. The van der Waals surface area contributed by atoms with Crippen LogP contribution in [0.25, 0.3) is 11.0 Å². The van der Waals surface area contributed by atoms with E-state index in [1.165, 1.54) is 0 Å². The van der Waals surface area contributed by atoms with Crippen molar-refractivity contribution in [3.8, 4) is 0 Å². The highest BCUT2D eigenvalue weighted by Gasteiger charge is 2.46. The standard InChI is InChI=1S/C11H9BrN2O2/c12-5-1-2-8-9(3-5)14-10(13-8)6-4-7(6)11(15)16/h1-3,6-7H,4H2,(H,13,14)(H,15,16). The number of carboxylic acids is 1. The van der Waals surface area contributed by atoms with Crippen LogP contribution in [0.1, 0.15) is 18.2 Å². The summed E-state index contributed by atoms with van der Waals surface area (Å²) in [4.78, 5) is 18.4. The van der Waals surface area contributed by atoms with Crippen molar-refractivity contribution >= 4 is 32.9 Å². The average Bonchev–Trinajstić information content (AvgIpc) is 2.93. The maximum absolute atomic E-state index is 10.8. The van der Waals surface area contributed by atoms with E-state index in [9.17, 15) is 4.79 Å². The van der Waals surface area contributed by atoms with Gasteiger partial charge in [-0.15, -0.1) is 0 Å². The van der Waals surface area contributed by atoms with Gasteiger partial charge in [-0.2, -0.15) is 0 Å². The number of aromatic nitrogens is 2. The van der Waals surface area contributed by atoms with Crippen LogP contribution in [0.4, 0.5) is 0 Å². The molecule has 0 radical (unpaired) electrons. The van der Waals surface area contributed by atoms with Crippen molar-refractivity contribution in [3.63, 3.8) is 0 Å². The molecule has 16 heavy (non-hydrogen) atoms. The van der Waals surface area contributed by atoms with Crippen LogP contribution in [0.5, 0.6) is 0 Å². The highest BCUT2D eigenvalue weighted by molar-refractivity contribution is 9.10. The monoisotopic (exact) mass is 280 g/mol. The van der Waals surface area contributed by atoms with Gasteiger partial charge in [0.25, 0.3) is 0 Å². The van der Waals surface area contributed by atoms with E-state index in [-0.39, 0.29) is 11.8 Å². The molecule has 1 saturated carbocycles. The molecule has 1 aromatic heterocycles. The van der Waals surface area contributed by atoms with E-state index in [0.717, 1.165) is 21.3 Å². The van der Waals surface area contributed by atoms with Crippen LogP contribution >= 0.6 is 15.9 Å². The molecule has 3 rings (SSSR count). The lowest BCUT2D eigenvalue weighted by atomic mass is 10.3. The number of H-pyrrole nitrogens is 1. The first kappa shape index (κ1) is 9.84. The van der Waals surface area contributed by atoms with E-state index >= 15 is 0 Å². The zero-order chi connectivity index (χ0) is 11.3. The van der Waals surface area contributed by atoms with Gasteiger partial charge in [-0.05, 0) is 24.6 Å². The first-order valence-corrected chi connectivity index (χ1v) is 5.82. The van der Waals surface area contributed by atoms with Crippen molar-refractivity contribution in [2.24, 2.45) is 5.92 Å². The molecule has 1 fully saturated rings. The third kappa shape index (κ3) is 1.51. The van der Waals surface area contributed by atoms with Gasteiger partial charge in [0.15, 0.2) is 0 Å². The topological polar surface area (TPSA) is 66.0 Å². The minimum Gasteiger partial charge on any atom is -0.481 e. The average molecular weight is 281 g/mol. The van der Waals surface area contributed by atoms with E-state index < -0.39 is 5.97 Å². The second-order valence-electron chi connectivity index (χ2n) is 4.07. The normalized spacial score (nSPS) is 23.6. The molecule has 1 aliphatic rings. The van der Waals surface area contributed by atoms with Crippen LogP contribution in [-0.4, -0.2) is 21.0 Å². The Bertz CT molecular complexity index is 578. The van der Waals surface area contributed by atoms with Gasteiger partial charge >= 0.3 is 5.97 Å². The minimum absolute atomic E-state index is 0.0590. The number of benzene rings is 1. The Morgan fingerprint density at radius 3 is 3.06 bits per heavy atom. The first-order valence-electron chi connectivity index (χ1n) is 5.03. The number of imidazole rings is 1. The molecule has 4 nitrogen and oxygen atoms in total. The molecular weight excluding hydrogens is 272 g/mol. The number of aromatic amines is 1. The summed E-state index contributed by atoms with van der Waals surface area (Å²) >= 11 is 3.39. The summed E-state index contributed by atoms with van der Waals surface area (Å²) in [5.41, 5.74) is 1.83. The fourth-order valence-corrected chi connectivity index (χ4v) is 2.31. The maximum atomic E-state index is 10.8. The minimum atomic E-state index is -0.730. The number of aliphatic carboxylic acids is 1. The van der Waals surface area contributed by atoms with Gasteiger partial charge in [0.2, 0.25) is 0 Å². The number of nitrogens with one attached hydrogen (secondary N) is 1. The molecule has 0 amide bonds. The quantitative estimate of drug-likeness (QED) is 0.888. The summed E-state index contributed by atoms with van der Waals surface area (Å²) in [6.07, 6.45) is 0.691. The van der Waals surface area contributed by atoms with Crippen LogP contribution in [0.2, 0.25) is 0 Å². The van der Waals surface area contributed by atoms with Gasteiger partial charge in [-0.25, -0.2) is 4.98 Å². The van der Waals surface area contributed by atoms with E-state index in [1.807, 2.05) is 18.2 Å². The predicted molar refractivity (Wildman–Crippen MR) is 62.3 cm³/mol. The second kappa shape index (κ2) is 3.31. The van der Waals surface area contributed by atoms with E-state index in [0.29, 0.717) is 6.42 Å². The van der Waals surface area contributed by atoms with Gasteiger partial charge in [0, 0.05) is 10.4 Å². The Kier molecular flexibility index (Phi) is 2.04. The highest BCUT2D eigenvalue weighted by Crippen LogP contribution is 2.46. The summed E-state index contributed by atoms with van der Waals surface area (Å²) in [6, 6.07) is 5.79. The predicted octanol–water partition coefficient (Wildman–Crippen LogP) is 2.51. The third-order valence-electron chi connectivity index (χ3n) is 2.92. The maximum Gasteiger partial charge on any atom is 0.307 e. The number of halogens is 1.